The van der Waals surface area contributed by atoms with E-state index in [2.05, 4.69) is 0 Å². The third-order valence-electron chi connectivity index (χ3n) is 4.88. The molecule has 2 saturated heterocycles. The van der Waals surface area contributed by atoms with E-state index in [1.54, 1.807) is 0 Å². The van der Waals surface area contributed by atoms with E-state index >= 15 is 0 Å². The van der Waals surface area contributed by atoms with Crippen molar-refractivity contribution >= 4 is 0 Å². The first-order chi connectivity index (χ1) is 6.87. The van der Waals surface area contributed by atoms with Crippen LogP contribution in [0.5, 0.6) is 0 Å². The summed E-state index contributed by atoms with van der Waals surface area (Å²) in [4.78, 5) is 0. The van der Waals surface area contributed by atoms with E-state index in [-0.39, 0.29) is 11.2 Å². The monoisotopic (exact) mass is 194 g/mol. The van der Waals surface area contributed by atoms with Crippen molar-refractivity contribution in [1.29, 1.82) is 0 Å². The number of fused-ring (bicyclic) bond motifs is 3. The summed E-state index contributed by atoms with van der Waals surface area (Å²) in [6.45, 7) is 0. The van der Waals surface area contributed by atoms with Gasteiger partial charge >= 0.3 is 0 Å². The molecule has 78 valence electrons. The van der Waals surface area contributed by atoms with Gasteiger partial charge < -0.3 is 9.47 Å². The molecule has 0 unspecified atom stereocenters. The predicted octanol–water partition coefficient (Wildman–Crippen LogP) is 2.41. The molecule has 0 aromatic rings. The van der Waals surface area contributed by atoms with Gasteiger partial charge in [0, 0.05) is 0 Å². The Balaban J connectivity index is 1.63. The molecule has 2 heterocycles. The summed E-state index contributed by atoms with van der Waals surface area (Å²) in [6, 6.07) is 0. The lowest BCUT2D eigenvalue weighted by Crippen LogP contribution is -2.41. The van der Waals surface area contributed by atoms with Crippen LogP contribution in [0.4, 0.5) is 0 Å². The summed E-state index contributed by atoms with van der Waals surface area (Å²) < 4.78 is 12.0. The summed E-state index contributed by atoms with van der Waals surface area (Å²) >= 11 is 0. The number of ether oxygens (including phenoxy) is 2. The molecule has 0 aromatic heterocycles. The SMILES string of the molecule is C1CC[C@]2([C@]34CCCC[C@H]3O4)O[C@@H]2C1. The van der Waals surface area contributed by atoms with Crippen LogP contribution in [-0.2, 0) is 9.47 Å². The van der Waals surface area contributed by atoms with Crippen molar-refractivity contribution in [3.05, 3.63) is 0 Å². The Labute approximate surface area is 85.0 Å². The molecule has 4 atom stereocenters. The molecule has 0 amide bonds. The maximum absolute atomic E-state index is 6.02. The molecule has 0 aromatic carbocycles. The molecule has 0 bridgehead atoms. The van der Waals surface area contributed by atoms with Gasteiger partial charge in [0.05, 0.1) is 12.2 Å². The molecule has 2 aliphatic heterocycles. The van der Waals surface area contributed by atoms with Crippen LogP contribution < -0.4 is 0 Å². The molecule has 2 nitrogen and oxygen atoms in total. The Morgan fingerprint density at radius 3 is 1.64 bits per heavy atom. The minimum atomic E-state index is 0.205. The average molecular weight is 194 g/mol. The van der Waals surface area contributed by atoms with Crippen LogP contribution in [0.2, 0.25) is 0 Å². The van der Waals surface area contributed by atoms with Gasteiger partial charge in [-0.15, -0.1) is 0 Å². The van der Waals surface area contributed by atoms with Gasteiger partial charge in [-0.05, 0) is 25.7 Å². The molecule has 4 rings (SSSR count). The Morgan fingerprint density at radius 1 is 0.714 bits per heavy atom. The summed E-state index contributed by atoms with van der Waals surface area (Å²) in [6.07, 6.45) is 11.7. The topological polar surface area (TPSA) is 25.1 Å². The molecule has 0 N–H and O–H groups in total. The fourth-order valence-electron chi connectivity index (χ4n) is 4.07. The number of epoxide rings is 2. The van der Waals surface area contributed by atoms with Crippen LogP contribution in [0.1, 0.15) is 51.4 Å². The second kappa shape index (κ2) is 2.35. The van der Waals surface area contributed by atoms with Gasteiger partial charge in [-0.3, -0.25) is 0 Å². The summed E-state index contributed by atoms with van der Waals surface area (Å²) in [5.74, 6) is 0. The highest BCUT2D eigenvalue weighted by molar-refractivity contribution is 5.27. The van der Waals surface area contributed by atoms with Crippen LogP contribution in [0.3, 0.4) is 0 Å². The number of hydrogen-bond acceptors (Lipinski definition) is 2. The lowest BCUT2D eigenvalue weighted by atomic mass is 9.72. The minimum absolute atomic E-state index is 0.205. The molecule has 2 saturated carbocycles. The van der Waals surface area contributed by atoms with Crippen LogP contribution in [0.25, 0.3) is 0 Å². The number of rotatable bonds is 1. The van der Waals surface area contributed by atoms with Crippen molar-refractivity contribution in [2.24, 2.45) is 0 Å². The van der Waals surface area contributed by atoms with Crippen LogP contribution in [0.15, 0.2) is 0 Å². The van der Waals surface area contributed by atoms with Gasteiger partial charge in [0.15, 0.2) is 0 Å². The zero-order valence-electron chi connectivity index (χ0n) is 8.63. The standard InChI is InChI=1S/C12H18O2/c1-3-7-11(9(5-1)13-11)12-8-4-2-6-10(12)14-12/h9-10H,1-8H2/t9-,10-,11+,12+/m1/s1. The van der Waals surface area contributed by atoms with Gasteiger partial charge in [0.25, 0.3) is 0 Å². The van der Waals surface area contributed by atoms with E-state index in [1.807, 2.05) is 0 Å². The molecule has 0 spiro atoms. The zero-order chi connectivity index (χ0) is 9.23. The maximum Gasteiger partial charge on any atom is 0.126 e. The van der Waals surface area contributed by atoms with Crippen LogP contribution in [-0.4, -0.2) is 23.4 Å². The van der Waals surface area contributed by atoms with Crippen molar-refractivity contribution in [1.82, 2.24) is 0 Å². The lowest BCUT2D eigenvalue weighted by molar-refractivity contribution is 0.134. The second-order valence-electron chi connectivity index (χ2n) is 5.48. The first-order valence-electron chi connectivity index (χ1n) is 6.23. The fraction of sp³-hybridized carbons (Fsp3) is 1.00. The van der Waals surface area contributed by atoms with E-state index in [9.17, 15) is 0 Å². The molecular weight excluding hydrogens is 176 g/mol. The van der Waals surface area contributed by atoms with Crippen molar-refractivity contribution < 1.29 is 9.47 Å². The van der Waals surface area contributed by atoms with E-state index in [1.165, 1.54) is 51.4 Å². The summed E-state index contributed by atoms with van der Waals surface area (Å²) in [5.41, 5.74) is 0.409. The van der Waals surface area contributed by atoms with Crippen molar-refractivity contribution in [3.63, 3.8) is 0 Å². The van der Waals surface area contributed by atoms with E-state index in [4.69, 9.17) is 9.47 Å². The first kappa shape index (κ1) is 8.12. The third kappa shape index (κ3) is 0.772. The highest BCUT2D eigenvalue weighted by atomic mass is 16.7. The Hall–Kier alpha value is -0.0800. The predicted molar refractivity (Wildman–Crippen MR) is 52.1 cm³/mol. The summed E-state index contributed by atoms with van der Waals surface area (Å²) in [7, 11) is 0. The first-order valence-corrected chi connectivity index (χ1v) is 6.23. The minimum Gasteiger partial charge on any atom is -0.363 e. The van der Waals surface area contributed by atoms with Gasteiger partial charge in [-0.1, -0.05) is 25.7 Å². The zero-order valence-corrected chi connectivity index (χ0v) is 8.63. The third-order valence-corrected chi connectivity index (χ3v) is 4.88. The van der Waals surface area contributed by atoms with Gasteiger partial charge in [0.1, 0.15) is 11.2 Å². The van der Waals surface area contributed by atoms with Gasteiger partial charge in [-0.25, -0.2) is 0 Å². The number of hydrogen-bond donors (Lipinski definition) is 0. The van der Waals surface area contributed by atoms with Crippen LogP contribution >= 0.6 is 0 Å². The Kier molecular flexibility index (Phi) is 1.37. The quantitative estimate of drug-likeness (QED) is 0.599. The van der Waals surface area contributed by atoms with Gasteiger partial charge in [0.2, 0.25) is 0 Å². The Morgan fingerprint density at radius 2 is 1.21 bits per heavy atom. The van der Waals surface area contributed by atoms with Crippen molar-refractivity contribution in [3.8, 4) is 0 Å². The summed E-state index contributed by atoms with van der Waals surface area (Å²) in [5, 5.41) is 0. The largest absolute Gasteiger partial charge is 0.363 e. The highest BCUT2D eigenvalue weighted by Crippen LogP contribution is 2.66. The molecule has 4 aliphatic rings. The van der Waals surface area contributed by atoms with Crippen LogP contribution in [0, 0.1) is 0 Å². The average Bonchev–Trinajstić information content (AvgIpc) is 3.11. The molecule has 2 aliphatic carbocycles. The molecular formula is C12H18O2. The normalized spacial score (nSPS) is 60.0. The van der Waals surface area contributed by atoms with E-state index in [0.717, 1.165) is 0 Å². The van der Waals surface area contributed by atoms with E-state index in [0.29, 0.717) is 12.2 Å². The molecule has 2 heteroatoms. The lowest BCUT2D eigenvalue weighted by Gasteiger charge is -2.27. The van der Waals surface area contributed by atoms with Crippen molar-refractivity contribution in [2.45, 2.75) is 74.8 Å². The molecule has 0 radical (unpaired) electrons. The second-order valence-corrected chi connectivity index (χ2v) is 5.48. The van der Waals surface area contributed by atoms with E-state index < -0.39 is 0 Å². The maximum atomic E-state index is 6.02. The van der Waals surface area contributed by atoms with Crippen molar-refractivity contribution in [2.75, 3.05) is 0 Å². The Bertz CT molecular complexity index is 249. The highest BCUT2D eigenvalue weighted by Gasteiger charge is 2.79. The molecule has 4 fully saturated rings. The smallest absolute Gasteiger partial charge is 0.126 e. The molecule has 14 heavy (non-hydrogen) atoms. The van der Waals surface area contributed by atoms with Gasteiger partial charge in [-0.2, -0.15) is 0 Å². The fourth-order valence-corrected chi connectivity index (χ4v) is 4.07.